The van der Waals surface area contributed by atoms with Crippen LogP contribution in [0.1, 0.15) is 232 Å². The van der Waals surface area contributed by atoms with Gasteiger partial charge in [0.15, 0.2) is 6.29 Å². The molecule has 4 N–H and O–H groups in total. The van der Waals surface area contributed by atoms with Gasteiger partial charge in [0.25, 0.3) is 0 Å². The third-order valence-electron chi connectivity index (χ3n) is 12.4. The normalized spacial score (nSPS) is 19.8. The van der Waals surface area contributed by atoms with E-state index in [1.54, 1.807) is 0 Å². The summed E-state index contributed by atoms with van der Waals surface area (Å²) >= 11 is 0. The van der Waals surface area contributed by atoms with Gasteiger partial charge in [0.05, 0.1) is 19.8 Å². The van der Waals surface area contributed by atoms with Crippen LogP contribution in [-0.2, 0) is 23.7 Å². The fourth-order valence-corrected chi connectivity index (χ4v) is 8.19. The van der Waals surface area contributed by atoms with Crippen molar-refractivity contribution in [2.24, 2.45) is 0 Å². The summed E-state index contributed by atoms with van der Waals surface area (Å²) in [6.07, 6.45) is 55.5. The Kier molecular flexibility index (Phi) is 45.0. The molecule has 0 aromatic heterocycles. The van der Waals surface area contributed by atoms with Gasteiger partial charge in [0.2, 0.25) is 0 Å². The molecule has 384 valence electrons. The second-order valence-electron chi connectivity index (χ2n) is 18.6. The second-order valence-corrected chi connectivity index (χ2v) is 18.6. The molecule has 9 heteroatoms. The molecule has 0 spiro atoms. The third kappa shape index (κ3) is 37.8. The number of aliphatic hydroxyl groups is 4. The number of carbonyl (C=O) groups excluding carboxylic acids is 1. The van der Waals surface area contributed by atoms with E-state index in [0.29, 0.717) is 13.0 Å². The van der Waals surface area contributed by atoms with Gasteiger partial charge in [-0.3, -0.25) is 4.79 Å². The zero-order chi connectivity index (χ0) is 47.8. The molecule has 1 fully saturated rings. The van der Waals surface area contributed by atoms with Gasteiger partial charge in [-0.05, 0) is 77.0 Å². The number of rotatable bonds is 47. The van der Waals surface area contributed by atoms with E-state index >= 15 is 0 Å². The van der Waals surface area contributed by atoms with E-state index in [0.717, 1.165) is 70.6 Å². The van der Waals surface area contributed by atoms with Crippen LogP contribution in [0.5, 0.6) is 0 Å². The predicted molar refractivity (Wildman–Crippen MR) is 274 cm³/mol. The number of hydrogen-bond acceptors (Lipinski definition) is 9. The summed E-state index contributed by atoms with van der Waals surface area (Å²) in [6.45, 7) is 4.45. The fraction of sp³-hybridized carbons (Fsp3) is 0.807. The van der Waals surface area contributed by atoms with Gasteiger partial charge in [0.1, 0.15) is 30.5 Å². The SMILES string of the molecule is CC/C=C\C/C=C\C/C=C\CCCCCCCCCC(=O)OC(COCCCCCCCCCCCCCCCC/C=C\C/C=C\CCCCCCC)COC1OC(CO)C(O)C(O)C1O. The molecule has 0 bridgehead atoms. The van der Waals surface area contributed by atoms with Gasteiger partial charge >= 0.3 is 5.97 Å². The summed E-state index contributed by atoms with van der Waals surface area (Å²) < 4.78 is 22.9. The molecular weight excluding hydrogens is 829 g/mol. The maximum Gasteiger partial charge on any atom is 0.306 e. The number of esters is 1. The summed E-state index contributed by atoms with van der Waals surface area (Å²) in [5.74, 6) is -0.323. The van der Waals surface area contributed by atoms with Gasteiger partial charge in [-0.25, -0.2) is 0 Å². The number of unbranched alkanes of at least 4 members (excludes halogenated alkanes) is 26. The van der Waals surface area contributed by atoms with Crippen molar-refractivity contribution in [2.45, 2.75) is 269 Å². The Morgan fingerprint density at radius 1 is 0.500 bits per heavy atom. The van der Waals surface area contributed by atoms with Crippen molar-refractivity contribution in [3.8, 4) is 0 Å². The number of hydrogen-bond donors (Lipinski definition) is 4. The lowest BCUT2D eigenvalue weighted by atomic mass is 9.99. The molecular formula is C57H102O9. The lowest BCUT2D eigenvalue weighted by molar-refractivity contribution is -0.305. The molecule has 1 saturated heterocycles. The molecule has 0 saturated carbocycles. The molecule has 6 atom stereocenters. The van der Waals surface area contributed by atoms with E-state index in [4.69, 9.17) is 18.9 Å². The minimum Gasteiger partial charge on any atom is -0.457 e. The minimum absolute atomic E-state index is 0.118. The van der Waals surface area contributed by atoms with E-state index in [1.165, 1.54) is 141 Å². The summed E-state index contributed by atoms with van der Waals surface area (Å²) in [7, 11) is 0. The lowest BCUT2D eigenvalue weighted by Gasteiger charge is -2.39. The molecule has 6 unspecified atom stereocenters. The first-order valence-corrected chi connectivity index (χ1v) is 27.4. The average Bonchev–Trinajstić information content (AvgIpc) is 3.32. The Bertz CT molecular complexity index is 1200. The first-order valence-electron chi connectivity index (χ1n) is 27.4. The highest BCUT2D eigenvalue weighted by Gasteiger charge is 2.44. The maximum atomic E-state index is 12.8. The van der Waals surface area contributed by atoms with Crippen LogP contribution in [0.3, 0.4) is 0 Å². The van der Waals surface area contributed by atoms with Crippen molar-refractivity contribution >= 4 is 5.97 Å². The minimum atomic E-state index is -1.54. The fourth-order valence-electron chi connectivity index (χ4n) is 8.19. The molecule has 1 aliphatic heterocycles. The van der Waals surface area contributed by atoms with E-state index in [2.05, 4.69) is 74.6 Å². The van der Waals surface area contributed by atoms with Crippen molar-refractivity contribution in [1.29, 1.82) is 0 Å². The highest BCUT2D eigenvalue weighted by Crippen LogP contribution is 2.23. The highest BCUT2D eigenvalue weighted by atomic mass is 16.7. The van der Waals surface area contributed by atoms with Gasteiger partial charge in [-0.2, -0.15) is 0 Å². The Hall–Kier alpha value is -2.11. The van der Waals surface area contributed by atoms with Crippen molar-refractivity contribution in [2.75, 3.05) is 26.4 Å². The molecule has 0 amide bonds. The first kappa shape index (κ1) is 61.9. The van der Waals surface area contributed by atoms with E-state index < -0.39 is 43.4 Å². The van der Waals surface area contributed by atoms with Crippen LogP contribution >= 0.6 is 0 Å². The van der Waals surface area contributed by atoms with Crippen molar-refractivity contribution < 1.29 is 44.2 Å². The largest absolute Gasteiger partial charge is 0.457 e. The number of aliphatic hydroxyl groups excluding tert-OH is 4. The Balaban J connectivity index is 2.16. The van der Waals surface area contributed by atoms with Crippen LogP contribution in [0.4, 0.5) is 0 Å². The molecule has 1 aliphatic rings. The van der Waals surface area contributed by atoms with Gasteiger partial charge < -0.3 is 39.4 Å². The van der Waals surface area contributed by atoms with E-state index in [9.17, 15) is 25.2 Å². The molecule has 1 rings (SSSR count). The van der Waals surface area contributed by atoms with Crippen molar-refractivity contribution in [3.05, 3.63) is 60.8 Å². The number of carbonyl (C=O) groups is 1. The molecule has 1 heterocycles. The molecule has 66 heavy (non-hydrogen) atoms. The topological polar surface area (TPSA) is 135 Å². The zero-order valence-corrected chi connectivity index (χ0v) is 42.4. The molecule has 0 aromatic carbocycles. The number of allylic oxidation sites excluding steroid dienone is 10. The second kappa shape index (κ2) is 47.9. The Morgan fingerprint density at radius 2 is 0.924 bits per heavy atom. The summed E-state index contributed by atoms with van der Waals surface area (Å²) in [6, 6.07) is 0. The van der Waals surface area contributed by atoms with E-state index in [-0.39, 0.29) is 19.2 Å². The van der Waals surface area contributed by atoms with Crippen molar-refractivity contribution in [3.63, 3.8) is 0 Å². The highest BCUT2D eigenvalue weighted by molar-refractivity contribution is 5.69. The summed E-state index contributed by atoms with van der Waals surface area (Å²) in [4.78, 5) is 12.8. The average molecular weight is 931 g/mol. The van der Waals surface area contributed by atoms with Crippen LogP contribution in [0, 0.1) is 0 Å². The lowest BCUT2D eigenvalue weighted by Crippen LogP contribution is -2.59. The summed E-state index contributed by atoms with van der Waals surface area (Å²) in [5.41, 5.74) is 0. The Labute approximate surface area is 405 Å². The third-order valence-corrected chi connectivity index (χ3v) is 12.4. The van der Waals surface area contributed by atoms with Crippen LogP contribution in [0.25, 0.3) is 0 Å². The summed E-state index contributed by atoms with van der Waals surface area (Å²) in [5, 5.41) is 40.3. The smallest absolute Gasteiger partial charge is 0.306 e. The standard InChI is InChI=1S/C57H102O9/c1-3-5-7-9-11-13-15-17-19-21-22-23-24-25-26-27-28-29-31-33-35-37-39-41-43-45-47-63-49-51(50-64-57-56(62)55(61)54(60)52(48-58)66-57)65-53(59)46-44-42-40-38-36-34-32-30-20-18-16-14-12-10-8-6-4-2/h6,8,12,14-15,17-18,20-22,51-52,54-58,60-62H,3-5,7,9-11,13,16,19,23-50H2,1-2H3/b8-6-,14-12-,17-15-,20-18-,22-21-. The molecule has 0 aliphatic carbocycles. The van der Waals surface area contributed by atoms with Crippen molar-refractivity contribution in [1.82, 2.24) is 0 Å². The van der Waals surface area contributed by atoms with Crippen LogP contribution < -0.4 is 0 Å². The zero-order valence-electron chi connectivity index (χ0n) is 42.4. The Morgan fingerprint density at radius 3 is 1.39 bits per heavy atom. The maximum absolute atomic E-state index is 12.8. The number of ether oxygens (including phenoxy) is 4. The van der Waals surface area contributed by atoms with Gasteiger partial charge in [-0.1, -0.05) is 209 Å². The monoisotopic (exact) mass is 931 g/mol. The van der Waals surface area contributed by atoms with E-state index in [1.807, 2.05) is 0 Å². The predicted octanol–water partition coefficient (Wildman–Crippen LogP) is 13.8. The van der Waals surface area contributed by atoms with Gasteiger partial charge in [-0.15, -0.1) is 0 Å². The quantitative estimate of drug-likeness (QED) is 0.0267. The van der Waals surface area contributed by atoms with Crippen LogP contribution in [0.15, 0.2) is 60.8 Å². The molecule has 0 aromatic rings. The molecule has 9 nitrogen and oxygen atoms in total. The van der Waals surface area contributed by atoms with Crippen LogP contribution in [-0.4, -0.2) is 89.6 Å². The van der Waals surface area contributed by atoms with Gasteiger partial charge in [0, 0.05) is 13.0 Å². The van der Waals surface area contributed by atoms with Crippen LogP contribution in [0.2, 0.25) is 0 Å². The molecule has 0 radical (unpaired) electrons. The first-order chi connectivity index (χ1) is 32.4.